The summed E-state index contributed by atoms with van der Waals surface area (Å²) in [6.07, 6.45) is 2.49. The lowest BCUT2D eigenvalue weighted by atomic mass is 10.5. The third-order valence-corrected chi connectivity index (χ3v) is 3.48. The highest BCUT2D eigenvalue weighted by Gasteiger charge is 2.09. The summed E-state index contributed by atoms with van der Waals surface area (Å²) in [5.41, 5.74) is 0. The summed E-state index contributed by atoms with van der Waals surface area (Å²) in [6, 6.07) is 1.70. The molecule has 0 saturated carbocycles. The summed E-state index contributed by atoms with van der Waals surface area (Å²) in [7, 11) is -1.28. The van der Waals surface area contributed by atoms with Crippen molar-refractivity contribution in [3.8, 4) is 0 Å². The lowest BCUT2D eigenvalue weighted by molar-refractivity contribution is 0.670. The number of halogens is 2. The molecule has 1 unspecified atom stereocenters. The minimum atomic E-state index is -1.28. The molecule has 0 aliphatic rings. The number of rotatable bonds is 4. The fourth-order valence-corrected chi connectivity index (χ4v) is 2.59. The van der Waals surface area contributed by atoms with E-state index in [1.54, 1.807) is 12.3 Å². The molecule has 0 bridgehead atoms. The van der Waals surface area contributed by atoms with E-state index in [-0.39, 0.29) is 5.15 Å². The van der Waals surface area contributed by atoms with Crippen molar-refractivity contribution >= 4 is 38.5 Å². The highest BCUT2D eigenvalue weighted by molar-refractivity contribution is 9.10. The zero-order valence-electron chi connectivity index (χ0n) is 7.59. The Labute approximate surface area is 99.0 Å². The summed E-state index contributed by atoms with van der Waals surface area (Å²) < 4.78 is 15.2. The van der Waals surface area contributed by atoms with Crippen LogP contribution < -0.4 is 4.72 Å². The van der Waals surface area contributed by atoms with Gasteiger partial charge in [-0.05, 0) is 28.4 Å². The molecule has 1 atom stereocenters. The van der Waals surface area contributed by atoms with Gasteiger partial charge in [0.1, 0.15) is 16.1 Å². The molecular weight excluding hydrogens is 288 g/mol. The van der Waals surface area contributed by atoms with Gasteiger partial charge in [-0.15, -0.1) is 0 Å². The summed E-state index contributed by atoms with van der Waals surface area (Å²) in [5, 5.41) is 0.273. The highest BCUT2D eigenvalue weighted by atomic mass is 79.9. The molecule has 14 heavy (non-hydrogen) atoms. The number of aromatic nitrogens is 1. The molecule has 0 radical (unpaired) electrons. The van der Waals surface area contributed by atoms with Crippen LogP contribution in [0.25, 0.3) is 0 Å². The predicted octanol–water partition coefficient (Wildman–Crippen LogP) is 2.52. The fraction of sp³-hybridized carbons (Fsp3) is 0.375. The minimum Gasteiger partial charge on any atom is -0.242 e. The van der Waals surface area contributed by atoms with Gasteiger partial charge in [0.2, 0.25) is 0 Å². The van der Waals surface area contributed by atoms with Crippen LogP contribution in [0.5, 0.6) is 0 Å². The van der Waals surface area contributed by atoms with Crippen molar-refractivity contribution in [3.63, 3.8) is 0 Å². The zero-order valence-corrected chi connectivity index (χ0v) is 10.7. The van der Waals surface area contributed by atoms with Gasteiger partial charge < -0.3 is 0 Å². The maximum Gasteiger partial charge on any atom is 0.146 e. The van der Waals surface area contributed by atoms with Crippen LogP contribution in [-0.4, -0.2) is 15.7 Å². The first-order chi connectivity index (χ1) is 6.65. The molecule has 78 valence electrons. The van der Waals surface area contributed by atoms with E-state index >= 15 is 0 Å². The Morgan fingerprint density at radius 3 is 3.07 bits per heavy atom. The topological polar surface area (TPSA) is 42.0 Å². The Bertz CT molecular complexity index is 348. The van der Waals surface area contributed by atoms with Crippen molar-refractivity contribution in [3.05, 3.63) is 21.9 Å². The molecule has 0 aliphatic heterocycles. The van der Waals surface area contributed by atoms with E-state index in [4.69, 9.17) is 11.6 Å². The first kappa shape index (κ1) is 12.1. The molecule has 0 amide bonds. The van der Waals surface area contributed by atoms with Gasteiger partial charge >= 0.3 is 0 Å². The van der Waals surface area contributed by atoms with Gasteiger partial charge in [0.05, 0.1) is 4.90 Å². The first-order valence-electron chi connectivity index (χ1n) is 4.11. The number of hydrogen-bond donors (Lipinski definition) is 1. The van der Waals surface area contributed by atoms with Crippen LogP contribution in [0, 0.1) is 0 Å². The molecule has 1 heterocycles. The van der Waals surface area contributed by atoms with Gasteiger partial charge in [0.25, 0.3) is 0 Å². The van der Waals surface area contributed by atoms with Crippen molar-refractivity contribution in [2.75, 3.05) is 6.54 Å². The molecule has 0 spiro atoms. The second-order valence-electron chi connectivity index (χ2n) is 2.61. The Hall–Kier alpha value is 0.0300. The van der Waals surface area contributed by atoms with Gasteiger partial charge in [-0.1, -0.05) is 18.5 Å². The molecule has 1 rings (SSSR count). The second kappa shape index (κ2) is 5.80. The van der Waals surface area contributed by atoms with Crippen LogP contribution in [-0.2, 0) is 11.0 Å². The van der Waals surface area contributed by atoms with Crippen LogP contribution in [0.15, 0.2) is 21.6 Å². The Morgan fingerprint density at radius 2 is 2.43 bits per heavy atom. The molecule has 1 aromatic heterocycles. The Morgan fingerprint density at radius 1 is 1.71 bits per heavy atom. The maximum absolute atomic E-state index is 11.6. The molecule has 0 fully saturated rings. The summed E-state index contributed by atoms with van der Waals surface area (Å²) >= 11 is 9.05. The van der Waals surface area contributed by atoms with Gasteiger partial charge in [-0.2, -0.15) is 0 Å². The molecule has 3 nitrogen and oxygen atoms in total. The normalized spacial score (nSPS) is 12.8. The summed E-state index contributed by atoms with van der Waals surface area (Å²) in [6.45, 7) is 2.69. The Balaban J connectivity index is 2.83. The van der Waals surface area contributed by atoms with E-state index in [1.165, 1.54) is 0 Å². The van der Waals surface area contributed by atoms with Gasteiger partial charge in [0, 0.05) is 17.2 Å². The van der Waals surface area contributed by atoms with Crippen molar-refractivity contribution in [2.45, 2.75) is 18.2 Å². The standard InChI is InChI=1S/C8H10BrClN2OS/c1-2-3-12-14(13)7-4-6(9)5-11-8(7)10/h4-5,12H,2-3H2,1H3. The quantitative estimate of drug-likeness (QED) is 0.868. The van der Waals surface area contributed by atoms with Crippen LogP contribution in [0.2, 0.25) is 5.15 Å². The van der Waals surface area contributed by atoms with Crippen LogP contribution in [0.1, 0.15) is 13.3 Å². The van der Waals surface area contributed by atoms with Crippen LogP contribution >= 0.6 is 27.5 Å². The molecule has 0 aromatic carbocycles. The number of nitrogens with one attached hydrogen (secondary N) is 1. The lowest BCUT2D eigenvalue weighted by Gasteiger charge is -2.04. The van der Waals surface area contributed by atoms with Crippen molar-refractivity contribution < 1.29 is 4.21 Å². The maximum atomic E-state index is 11.6. The minimum absolute atomic E-state index is 0.273. The van der Waals surface area contributed by atoms with E-state index < -0.39 is 11.0 Å². The van der Waals surface area contributed by atoms with Crippen molar-refractivity contribution in [2.24, 2.45) is 0 Å². The third kappa shape index (κ3) is 3.31. The van der Waals surface area contributed by atoms with E-state index in [1.807, 2.05) is 6.92 Å². The molecule has 1 N–H and O–H groups in total. The van der Waals surface area contributed by atoms with Crippen molar-refractivity contribution in [1.29, 1.82) is 0 Å². The van der Waals surface area contributed by atoms with Crippen molar-refractivity contribution in [1.82, 2.24) is 9.71 Å². The smallest absolute Gasteiger partial charge is 0.146 e. The average Bonchev–Trinajstić information content (AvgIpc) is 2.18. The second-order valence-corrected chi connectivity index (χ2v) is 5.15. The van der Waals surface area contributed by atoms with E-state index in [2.05, 4.69) is 25.6 Å². The summed E-state index contributed by atoms with van der Waals surface area (Å²) in [5.74, 6) is 0. The number of hydrogen-bond acceptors (Lipinski definition) is 2. The lowest BCUT2D eigenvalue weighted by Crippen LogP contribution is -2.18. The number of pyridine rings is 1. The SMILES string of the molecule is CCCNS(=O)c1cc(Br)cnc1Cl. The monoisotopic (exact) mass is 296 g/mol. The van der Waals surface area contributed by atoms with Crippen LogP contribution in [0.4, 0.5) is 0 Å². The van der Waals surface area contributed by atoms with Gasteiger partial charge in [-0.25, -0.2) is 13.9 Å². The molecule has 0 saturated heterocycles. The highest BCUT2D eigenvalue weighted by Crippen LogP contribution is 2.20. The van der Waals surface area contributed by atoms with Gasteiger partial charge in [-0.3, -0.25) is 0 Å². The molecule has 6 heteroatoms. The average molecular weight is 298 g/mol. The number of nitrogens with zero attached hydrogens (tertiary/aromatic N) is 1. The third-order valence-electron chi connectivity index (χ3n) is 1.46. The zero-order chi connectivity index (χ0) is 10.6. The predicted molar refractivity (Wildman–Crippen MR) is 61.6 cm³/mol. The first-order valence-corrected chi connectivity index (χ1v) is 6.43. The van der Waals surface area contributed by atoms with Crippen LogP contribution in [0.3, 0.4) is 0 Å². The Kier molecular flexibility index (Phi) is 5.01. The van der Waals surface area contributed by atoms with E-state index in [0.29, 0.717) is 11.4 Å². The fourth-order valence-electron chi connectivity index (χ4n) is 0.807. The largest absolute Gasteiger partial charge is 0.242 e. The van der Waals surface area contributed by atoms with Gasteiger partial charge in [0.15, 0.2) is 0 Å². The molecule has 0 aliphatic carbocycles. The van der Waals surface area contributed by atoms with E-state index in [0.717, 1.165) is 10.9 Å². The van der Waals surface area contributed by atoms with E-state index in [9.17, 15) is 4.21 Å². The molecular formula is C8H10BrClN2OS. The molecule has 1 aromatic rings. The summed E-state index contributed by atoms with van der Waals surface area (Å²) in [4.78, 5) is 4.40.